The number of hydrogen-bond donors (Lipinski definition) is 1. The minimum Gasteiger partial charge on any atom is -0.219 e. The fraction of sp³-hybridized carbons (Fsp3) is 1.00. The molecule has 0 spiro atoms. The van der Waals surface area contributed by atoms with Crippen molar-refractivity contribution in [1.82, 2.24) is 4.72 Å². The molecule has 0 saturated heterocycles. The first kappa shape index (κ1) is 10.4. The molecule has 0 rings (SSSR count). The van der Waals surface area contributed by atoms with Crippen molar-refractivity contribution in [2.24, 2.45) is 0 Å². The van der Waals surface area contributed by atoms with E-state index in [1.165, 1.54) is 7.05 Å². The van der Waals surface area contributed by atoms with E-state index in [1.54, 1.807) is 0 Å². The van der Waals surface area contributed by atoms with Crippen molar-refractivity contribution < 1.29 is 8.42 Å². The van der Waals surface area contributed by atoms with E-state index in [9.17, 15) is 8.42 Å². The van der Waals surface area contributed by atoms with Crippen LogP contribution in [-0.2, 0) is 10.0 Å². The van der Waals surface area contributed by atoms with E-state index >= 15 is 0 Å². The first-order valence-corrected chi connectivity index (χ1v) is 3.34. The van der Waals surface area contributed by atoms with Crippen LogP contribution in [0.25, 0.3) is 0 Å². The van der Waals surface area contributed by atoms with Crippen LogP contribution >= 0.6 is 17.0 Å². The highest BCUT2D eigenvalue weighted by atomic mass is 79.9. The summed E-state index contributed by atoms with van der Waals surface area (Å²) in [5.41, 5.74) is 0. The maximum absolute atomic E-state index is 9.89. The molecule has 46 valence electrons. The average Bonchev–Trinajstić information content (AvgIpc) is 1.35. The van der Waals surface area contributed by atoms with Crippen molar-refractivity contribution in [3.05, 3.63) is 0 Å². The predicted octanol–water partition coefficient (Wildman–Crippen LogP) is -0.257. The van der Waals surface area contributed by atoms with Gasteiger partial charge in [0, 0.05) is 0 Å². The lowest BCUT2D eigenvalue weighted by Gasteiger charge is -1.85. The monoisotopic (exact) mass is 189 g/mol. The molecule has 3 nitrogen and oxygen atoms in total. The zero-order valence-corrected chi connectivity index (χ0v) is 6.66. The van der Waals surface area contributed by atoms with Gasteiger partial charge in [0.1, 0.15) is 0 Å². The minimum atomic E-state index is -2.91. The van der Waals surface area contributed by atoms with Gasteiger partial charge in [0.15, 0.2) is 0 Å². The molecule has 0 aromatic rings. The Balaban J connectivity index is 0. The first-order valence-electron chi connectivity index (χ1n) is 1.45. The fourth-order valence-corrected chi connectivity index (χ4v) is 0. The molecular formula is C2H8BrNO2S. The third-order valence-electron chi connectivity index (χ3n) is 0.371. The summed E-state index contributed by atoms with van der Waals surface area (Å²) in [4.78, 5) is 0. The number of hydrogen-bond acceptors (Lipinski definition) is 2. The molecule has 5 heteroatoms. The molecule has 0 aliphatic heterocycles. The Morgan fingerprint density at radius 3 is 1.57 bits per heavy atom. The molecule has 0 atom stereocenters. The van der Waals surface area contributed by atoms with Crippen molar-refractivity contribution in [3.63, 3.8) is 0 Å². The van der Waals surface area contributed by atoms with Gasteiger partial charge in [-0.2, -0.15) is 0 Å². The summed E-state index contributed by atoms with van der Waals surface area (Å²) in [6, 6.07) is 0. The SMILES string of the molecule is Br.CNS(C)(=O)=O. The minimum absolute atomic E-state index is 0. The molecule has 0 unspecified atom stereocenters. The Kier molecular flexibility index (Phi) is 5.04. The molecule has 7 heavy (non-hydrogen) atoms. The van der Waals surface area contributed by atoms with Gasteiger partial charge in [-0.15, -0.1) is 17.0 Å². The summed E-state index contributed by atoms with van der Waals surface area (Å²) in [6.45, 7) is 0. The summed E-state index contributed by atoms with van der Waals surface area (Å²) in [7, 11) is -1.54. The van der Waals surface area contributed by atoms with Crippen LogP contribution in [0.15, 0.2) is 0 Å². The summed E-state index contributed by atoms with van der Waals surface area (Å²) >= 11 is 0. The highest BCUT2D eigenvalue weighted by Crippen LogP contribution is 1.62. The maximum atomic E-state index is 9.89. The molecule has 0 aliphatic rings. The standard InChI is InChI=1S/C2H7NO2S.BrH/c1-3-6(2,4)5;/h3H,1-2H3;1H. The van der Waals surface area contributed by atoms with Crippen molar-refractivity contribution in [1.29, 1.82) is 0 Å². The summed E-state index contributed by atoms with van der Waals surface area (Å²) < 4.78 is 21.9. The van der Waals surface area contributed by atoms with E-state index in [4.69, 9.17) is 0 Å². The number of sulfonamides is 1. The highest BCUT2D eigenvalue weighted by molar-refractivity contribution is 8.93. The van der Waals surface area contributed by atoms with E-state index in [0.717, 1.165) is 6.26 Å². The van der Waals surface area contributed by atoms with E-state index in [0.29, 0.717) is 0 Å². The molecule has 1 N–H and O–H groups in total. The fourth-order valence-electron chi connectivity index (χ4n) is 0. The third-order valence-corrected chi connectivity index (χ3v) is 1.11. The van der Waals surface area contributed by atoms with Crippen LogP contribution in [0.2, 0.25) is 0 Å². The summed E-state index contributed by atoms with van der Waals surface area (Å²) in [6.07, 6.45) is 1.10. The molecule has 0 heterocycles. The molecule has 0 aliphatic carbocycles. The highest BCUT2D eigenvalue weighted by Gasteiger charge is 1.88. The molecule has 0 fully saturated rings. The van der Waals surface area contributed by atoms with E-state index < -0.39 is 10.0 Å². The molecule has 0 aromatic carbocycles. The van der Waals surface area contributed by atoms with Gasteiger partial charge < -0.3 is 0 Å². The number of halogens is 1. The Labute approximate surface area is 53.9 Å². The largest absolute Gasteiger partial charge is 0.219 e. The van der Waals surface area contributed by atoms with Gasteiger partial charge in [0.05, 0.1) is 6.26 Å². The quantitative estimate of drug-likeness (QED) is 0.619. The van der Waals surface area contributed by atoms with Crippen molar-refractivity contribution in [3.8, 4) is 0 Å². The second kappa shape index (κ2) is 3.40. The van der Waals surface area contributed by atoms with Crippen LogP contribution in [0.5, 0.6) is 0 Å². The Bertz CT molecular complexity index is 118. The third kappa shape index (κ3) is 10.7. The Morgan fingerprint density at radius 1 is 1.43 bits per heavy atom. The molecular weight excluding hydrogens is 182 g/mol. The lowest BCUT2D eigenvalue weighted by molar-refractivity contribution is 0.594. The van der Waals surface area contributed by atoms with Crippen LogP contribution in [0.4, 0.5) is 0 Å². The first-order chi connectivity index (χ1) is 2.56. The summed E-state index contributed by atoms with van der Waals surface area (Å²) in [5.74, 6) is 0. The van der Waals surface area contributed by atoms with Gasteiger partial charge in [-0.1, -0.05) is 0 Å². The second-order valence-corrected chi connectivity index (χ2v) is 2.93. The molecule has 0 radical (unpaired) electrons. The van der Waals surface area contributed by atoms with Crippen LogP contribution < -0.4 is 4.72 Å². The van der Waals surface area contributed by atoms with E-state index in [-0.39, 0.29) is 17.0 Å². The topological polar surface area (TPSA) is 46.2 Å². The molecule has 0 bridgehead atoms. The zero-order chi connectivity index (χ0) is 5.21. The van der Waals surface area contributed by atoms with Gasteiger partial charge >= 0.3 is 0 Å². The number of nitrogens with one attached hydrogen (secondary N) is 1. The smallest absolute Gasteiger partial charge is 0.208 e. The van der Waals surface area contributed by atoms with Gasteiger partial charge in [0.2, 0.25) is 10.0 Å². The van der Waals surface area contributed by atoms with Gasteiger partial charge in [-0.3, -0.25) is 0 Å². The Hall–Kier alpha value is 0.390. The van der Waals surface area contributed by atoms with Crippen LogP contribution in [0, 0.1) is 0 Å². The zero-order valence-electron chi connectivity index (χ0n) is 4.13. The van der Waals surface area contributed by atoms with Gasteiger partial charge in [-0.05, 0) is 7.05 Å². The number of rotatable bonds is 1. The van der Waals surface area contributed by atoms with Crippen molar-refractivity contribution in [2.75, 3.05) is 13.3 Å². The lowest BCUT2D eigenvalue weighted by Crippen LogP contribution is -2.15. The van der Waals surface area contributed by atoms with E-state index in [2.05, 4.69) is 4.72 Å². The van der Waals surface area contributed by atoms with Crippen molar-refractivity contribution >= 4 is 27.0 Å². The van der Waals surface area contributed by atoms with E-state index in [1.807, 2.05) is 0 Å². The molecule has 0 aromatic heterocycles. The van der Waals surface area contributed by atoms with Gasteiger partial charge in [0.25, 0.3) is 0 Å². The van der Waals surface area contributed by atoms with Crippen LogP contribution in [0.3, 0.4) is 0 Å². The molecule has 0 saturated carbocycles. The predicted molar refractivity (Wildman–Crippen MR) is 34.2 cm³/mol. The molecule has 0 amide bonds. The average molecular weight is 190 g/mol. The normalized spacial score (nSPS) is 10.0. The van der Waals surface area contributed by atoms with Crippen LogP contribution in [-0.4, -0.2) is 21.7 Å². The lowest BCUT2D eigenvalue weighted by atomic mass is 11.6. The van der Waals surface area contributed by atoms with Gasteiger partial charge in [-0.25, -0.2) is 13.1 Å². The second-order valence-electron chi connectivity index (χ2n) is 0.976. The van der Waals surface area contributed by atoms with Crippen molar-refractivity contribution in [2.45, 2.75) is 0 Å². The Morgan fingerprint density at radius 2 is 1.57 bits per heavy atom. The summed E-state index contributed by atoms with van der Waals surface area (Å²) in [5, 5.41) is 0. The van der Waals surface area contributed by atoms with Crippen LogP contribution in [0.1, 0.15) is 0 Å². The maximum Gasteiger partial charge on any atom is 0.208 e.